The van der Waals surface area contributed by atoms with E-state index in [0.29, 0.717) is 12.2 Å². The van der Waals surface area contributed by atoms with Crippen molar-refractivity contribution in [2.45, 2.75) is 6.54 Å². The van der Waals surface area contributed by atoms with E-state index in [4.69, 9.17) is 10.5 Å². The number of nitrogens with two attached hydrogens (primary N) is 1. The van der Waals surface area contributed by atoms with Crippen LogP contribution in [0.2, 0.25) is 0 Å². The largest absolute Gasteiger partial charge is 0.496 e. The molecule has 0 saturated heterocycles. The third kappa shape index (κ3) is 2.72. The lowest BCUT2D eigenvalue weighted by atomic mass is 10.2. The molecule has 5 heteroatoms. The molecule has 0 aliphatic carbocycles. The number of benzene rings is 2. The number of fused-ring (bicyclic) bond motifs is 1. The number of nitrogen functional groups attached to an aromatic ring is 1. The van der Waals surface area contributed by atoms with Crippen molar-refractivity contribution in [3.8, 4) is 5.75 Å². The number of para-hydroxylation sites is 1. The fraction of sp³-hybridized carbons (Fsp3) is 0.125. The van der Waals surface area contributed by atoms with E-state index in [1.807, 2.05) is 42.5 Å². The van der Waals surface area contributed by atoms with Crippen LogP contribution in [0.3, 0.4) is 0 Å². The Morgan fingerprint density at radius 2 is 2.00 bits per heavy atom. The molecule has 1 aromatic heterocycles. The molecule has 0 aliphatic rings. The van der Waals surface area contributed by atoms with Gasteiger partial charge in [0.25, 0.3) is 0 Å². The van der Waals surface area contributed by atoms with Crippen LogP contribution >= 0.6 is 0 Å². The van der Waals surface area contributed by atoms with Crippen molar-refractivity contribution in [2.75, 3.05) is 18.2 Å². The van der Waals surface area contributed by atoms with Gasteiger partial charge in [-0.3, -0.25) is 0 Å². The first-order valence-electron chi connectivity index (χ1n) is 6.64. The predicted octanol–water partition coefficient (Wildman–Crippen LogP) is 2.83. The van der Waals surface area contributed by atoms with Gasteiger partial charge in [-0.1, -0.05) is 18.2 Å². The molecule has 3 aromatic rings. The summed E-state index contributed by atoms with van der Waals surface area (Å²) in [5.41, 5.74) is 8.37. The molecule has 2 aromatic carbocycles. The van der Waals surface area contributed by atoms with E-state index in [-0.39, 0.29) is 0 Å². The first-order chi connectivity index (χ1) is 10.3. The summed E-state index contributed by atoms with van der Waals surface area (Å²) in [7, 11) is 1.67. The first kappa shape index (κ1) is 13.2. The number of methoxy groups -OCH3 is 1. The van der Waals surface area contributed by atoms with Gasteiger partial charge in [0, 0.05) is 23.2 Å². The zero-order chi connectivity index (χ0) is 14.7. The molecule has 3 N–H and O–H groups in total. The molecule has 5 nitrogen and oxygen atoms in total. The maximum Gasteiger partial charge on any atom is 0.137 e. The van der Waals surface area contributed by atoms with Crippen LogP contribution in [0.25, 0.3) is 10.9 Å². The van der Waals surface area contributed by atoms with Crippen LogP contribution in [0, 0.1) is 0 Å². The lowest BCUT2D eigenvalue weighted by Crippen LogP contribution is -2.04. The van der Waals surface area contributed by atoms with Gasteiger partial charge in [0.15, 0.2) is 0 Å². The van der Waals surface area contributed by atoms with Crippen molar-refractivity contribution in [1.29, 1.82) is 0 Å². The van der Waals surface area contributed by atoms with Gasteiger partial charge in [0.05, 0.1) is 12.6 Å². The van der Waals surface area contributed by atoms with E-state index < -0.39 is 0 Å². The maximum atomic E-state index is 5.78. The van der Waals surface area contributed by atoms with Gasteiger partial charge in [-0.2, -0.15) is 0 Å². The van der Waals surface area contributed by atoms with Gasteiger partial charge in [0.2, 0.25) is 0 Å². The highest BCUT2D eigenvalue weighted by molar-refractivity contribution is 5.90. The fourth-order valence-electron chi connectivity index (χ4n) is 2.24. The Morgan fingerprint density at radius 1 is 1.14 bits per heavy atom. The number of aromatic nitrogens is 2. The van der Waals surface area contributed by atoms with Gasteiger partial charge >= 0.3 is 0 Å². The number of rotatable bonds is 4. The van der Waals surface area contributed by atoms with Crippen molar-refractivity contribution in [3.63, 3.8) is 0 Å². The van der Waals surface area contributed by atoms with Crippen molar-refractivity contribution in [1.82, 2.24) is 9.97 Å². The summed E-state index contributed by atoms with van der Waals surface area (Å²) in [5, 5.41) is 4.27. The number of nitrogens with zero attached hydrogens (tertiary/aromatic N) is 2. The Labute approximate surface area is 122 Å². The summed E-state index contributed by atoms with van der Waals surface area (Å²) in [5.74, 6) is 1.64. The molecule has 0 fully saturated rings. The number of hydrogen-bond acceptors (Lipinski definition) is 5. The molecule has 0 aliphatic heterocycles. The molecule has 0 radical (unpaired) electrons. The van der Waals surface area contributed by atoms with Gasteiger partial charge in [0.1, 0.15) is 17.9 Å². The summed E-state index contributed by atoms with van der Waals surface area (Å²) in [4.78, 5) is 8.54. The second-order valence-electron chi connectivity index (χ2n) is 4.66. The van der Waals surface area contributed by atoms with Crippen molar-refractivity contribution >= 4 is 22.4 Å². The highest BCUT2D eigenvalue weighted by atomic mass is 16.5. The molecule has 3 rings (SSSR count). The van der Waals surface area contributed by atoms with Gasteiger partial charge < -0.3 is 15.8 Å². The van der Waals surface area contributed by atoms with Crippen LogP contribution in [0.4, 0.5) is 11.5 Å². The van der Waals surface area contributed by atoms with Crippen LogP contribution in [0.15, 0.2) is 48.8 Å². The molecule has 21 heavy (non-hydrogen) atoms. The van der Waals surface area contributed by atoms with Crippen LogP contribution in [0.1, 0.15) is 5.56 Å². The maximum absolute atomic E-state index is 5.78. The Bertz CT molecular complexity index is 773. The van der Waals surface area contributed by atoms with E-state index in [0.717, 1.165) is 28.0 Å². The van der Waals surface area contributed by atoms with E-state index in [9.17, 15) is 0 Å². The van der Waals surface area contributed by atoms with Gasteiger partial charge in [-0.05, 0) is 24.3 Å². The van der Waals surface area contributed by atoms with Crippen molar-refractivity contribution in [3.05, 3.63) is 54.4 Å². The van der Waals surface area contributed by atoms with Crippen LogP contribution in [-0.2, 0) is 6.54 Å². The lowest BCUT2D eigenvalue weighted by molar-refractivity contribution is 0.410. The molecule has 1 heterocycles. The van der Waals surface area contributed by atoms with Crippen molar-refractivity contribution < 1.29 is 4.74 Å². The molecule has 0 atom stereocenters. The average Bonchev–Trinajstić information content (AvgIpc) is 2.52. The highest BCUT2D eigenvalue weighted by Gasteiger charge is 2.06. The summed E-state index contributed by atoms with van der Waals surface area (Å²) in [6.45, 7) is 0.625. The second-order valence-corrected chi connectivity index (χ2v) is 4.66. The number of hydrogen-bond donors (Lipinski definition) is 2. The third-order valence-electron chi connectivity index (χ3n) is 3.30. The van der Waals surface area contributed by atoms with Gasteiger partial charge in [-0.25, -0.2) is 9.97 Å². The monoisotopic (exact) mass is 280 g/mol. The van der Waals surface area contributed by atoms with Crippen LogP contribution in [0.5, 0.6) is 5.75 Å². The van der Waals surface area contributed by atoms with E-state index in [2.05, 4.69) is 15.3 Å². The Hall–Kier alpha value is -2.82. The summed E-state index contributed by atoms with van der Waals surface area (Å²) < 4.78 is 5.35. The minimum Gasteiger partial charge on any atom is -0.496 e. The first-order valence-corrected chi connectivity index (χ1v) is 6.64. The zero-order valence-electron chi connectivity index (χ0n) is 11.7. The molecule has 0 spiro atoms. The summed E-state index contributed by atoms with van der Waals surface area (Å²) >= 11 is 0. The SMILES string of the molecule is COc1ccccc1CNc1ncnc2cc(N)ccc12. The third-order valence-corrected chi connectivity index (χ3v) is 3.30. The predicted molar refractivity (Wildman–Crippen MR) is 84.3 cm³/mol. The molecule has 0 bridgehead atoms. The van der Waals surface area contributed by atoms with Crippen LogP contribution < -0.4 is 15.8 Å². The summed E-state index contributed by atoms with van der Waals surface area (Å²) in [6, 6.07) is 13.5. The Balaban J connectivity index is 1.88. The van der Waals surface area contributed by atoms with Crippen molar-refractivity contribution in [2.24, 2.45) is 0 Å². The van der Waals surface area contributed by atoms with E-state index >= 15 is 0 Å². The molecule has 106 valence electrons. The highest BCUT2D eigenvalue weighted by Crippen LogP contribution is 2.23. The standard InChI is InChI=1S/C16H16N4O/c1-21-15-5-3-2-4-11(15)9-18-16-13-7-6-12(17)8-14(13)19-10-20-16/h2-8,10H,9,17H2,1H3,(H,18,19,20). The molecule has 0 unspecified atom stereocenters. The van der Waals surface area contributed by atoms with E-state index in [1.54, 1.807) is 7.11 Å². The smallest absolute Gasteiger partial charge is 0.137 e. The van der Waals surface area contributed by atoms with E-state index in [1.165, 1.54) is 6.33 Å². The molecule has 0 amide bonds. The topological polar surface area (TPSA) is 73.1 Å². The number of ether oxygens (including phenoxy) is 1. The number of nitrogens with one attached hydrogen (secondary N) is 1. The Morgan fingerprint density at radius 3 is 2.86 bits per heavy atom. The number of anilines is 2. The minimum atomic E-state index is 0.625. The fourth-order valence-corrected chi connectivity index (χ4v) is 2.24. The van der Waals surface area contributed by atoms with Gasteiger partial charge in [-0.15, -0.1) is 0 Å². The normalized spacial score (nSPS) is 10.5. The molecular formula is C16H16N4O. The lowest BCUT2D eigenvalue weighted by Gasteiger charge is -2.11. The zero-order valence-corrected chi connectivity index (χ0v) is 11.7. The average molecular weight is 280 g/mol. The molecular weight excluding hydrogens is 264 g/mol. The second kappa shape index (κ2) is 5.66. The van der Waals surface area contributed by atoms with Crippen LogP contribution in [-0.4, -0.2) is 17.1 Å². The summed E-state index contributed by atoms with van der Waals surface area (Å²) in [6.07, 6.45) is 1.53. The Kier molecular flexibility index (Phi) is 3.55. The quantitative estimate of drug-likeness (QED) is 0.719. The molecule has 0 saturated carbocycles. The minimum absolute atomic E-state index is 0.625.